The molecular formula is C15H22OS. The summed E-state index contributed by atoms with van der Waals surface area (Å²) in [4.78, 5) is 1.30. The third kappa shape index (κ3) is 3.26. The fraction of sp³-hybridized carbons (Fsp3) is 0.600. The Kier molecular flexibility index (Phi) is 3.84. The van der Waals surface area contributed by atoms with Crippen molar-refractivity contribution in [1.29, 1.82) is 0 Å². The summed E-state index contributed by atoms with van der Waals surface area (Å²) < 4.78 is 0. The van der Waals surface area contributed by atoms with Gasteiger partial charge in [-0.2, -0.15) is 0 Å². The summed E-state index contributed by atoms with van der Waals surface area (Å²) in [6, 6.07) is 6.76. The predicted octanol–water partition coefficient (Wildman–Crippen LogP) is 3.67. The summed E-state index contributed by atoms with van der Waals surface area (Å²) >= 11 is 1.77. The fourth-order valence-electron chi connectivity index (χ4n) is 2.06. The molecule has 0 saturated heterocycles. The van der Waals surface area contributed by atoms with Gasteiger partial charge < -0.3 is 5.11 Å². The van der Waals surface area contributed by atoms with E-state index >= 15 is 0 Å². The van der Waals surface area contributed by atoms with Crippen LogP contribution in [0.3, 0.4) is 0 Å². The highest BCUT2D eigenvalue weighted by Gasteiger charge is 2.22. The Morgan fingerprint density at radius 1 is 1.24 bits per heavy atom. The van der Waals surface area contributed by atoms with Crippen molar-refractivity contribution in [1.82, 2.24) is 0 Å². The number of aliphatic hydroxyl groups excluding tert-OH is 1. The molecule has 0 radical (unpaired) electrons. The van der Waals surface area contributed by atoms with Crippen LogP contribution in [0.5, 0.6) is 0 Å². The molecule has 0 spiro atoms. The third-order valence-electron chi connectivity index (χ3n) is 3.48. The molecule has 1 unspecified atom stereocenters. The van der Waals surface area contributed by atoms with E-state index in [0.29, 0.717) is 0 Å². The largest absolute Gasteiger partial charge is 0.392 e. The van der Waals surface area contributed by atoms with E-state index in [0.717, 1.165) is 5.75 Å². The van der Waals surface area contributed by atoms with Gasteiger partial charge in [0, 0.05) is 10.6 Å². The van der Waals surface area contributed by atoms with Crippen LogP contribution in [-0.2, 0) is 12.8 Å². The van der Waals surface area contributed by atoms with Crippen LogP contribution in [0.2, 0.25) is 0 Å². The lowest BCUT2D eigenvalue weighted by Gasteiger charge is -2.25. The quantitative estimate of drug-likeness (QED) is 0.826. The van der Waals surface area contributed by atoms with Gasteiger partial charge in [0.25, 0.3) is 0 Å². The normalized spacial score (nSPS) is 16.9. The molecule has 1 aliphatic rings. The first kappa shape index (κ1) is 13.0. The molecule has 0 saturated carbocycles. The minimum absolute atomic E-state index is 0.0241. The summed E-state index contributed by atoms with van der Waals surface area (Å²) in [6.45, 7) is 6.25. The van der Waals surface area contributed by atoms with Gasteiger partial charge in [0.05, 0.1) is 6.10 Å². The topological polar surface area (TPSA) is 20.2 Å². The number of hydrogen-bond acceptors (Lipinski definition) is 2. The maximum absolute atomic E-state index is 10.0. The average molecular weight is 250 g/mol. The van der Waals surface area contributed by atoms with Crippen LogP contribution in [-0.4, -0.2) is 17.0 Å². The SMILES string of the molecule is CC(C)(C)C(O)CSc1ccc2c(c1)CCC2. The molecule has 1 aromatic rings. The highest BCUT2D eigenvalue weighted by Crippen LogP contribution is 2.30. The van der Waals surface area contributed by atoms with Crippen LogP contribution in [0, 0.1) is 5.41 Å². The number of benzene rings is 1. The molecule has 17 heavy (non-hydrogen) atoms. The van der Waals surface area contributed by atoms with Crippen molar-refractivity contribution in [3.05, 3.63) is 29.3 Å². The first-order valence-corrected chi connectivity index (χ1v) is 7.38. The molecular weight excluding hydrogens is 228 g/mol. The monoisotopic (exact) mass is 250 g/mol. The van der Waals surface area contributed by atoms with Gasteiger partial charge in [-0.25, -0.2) is 0 Å². The molecule has 1 N–H and O–H groups in total. The summed E-state index contributed by atoms with van der Waals surface area (Å²) in [6.07, 6.45) is 3.52. The Morgan fingerprint density at radius 3 is 2.65 bits per heavy atom. The van der Waals surface area contributed by atoms with Gasteiger partial charge >= 0.3 is 0 Å². The van der Waals surface area contributed by atoms with Crippen LogP contribution in [0.15, 0.2) is 23.1 Å². The number of hydrogen-bond donors (Lipinski definition) is 1. The number of thioether (sulfide) groups is 1. The standard InChI is InChI=1S/C15H22OS/c1-15(2,3)14(16)10-17-13-8-7-11-5-4-6-12(11)9-13/h7-9,14,16H,4-6,10H2,1-3H3. The zero-order valence-corrected chi connectivity index (χ0v) is 11.8. The van der Waals surface area contributed by atoms with Crippen molar-refractivity contribution in [2.75, 3.05) is 5.75 Å². The molecule has 0 fully saturated rings. The van der Waals surface area contributed by atoms with E-state index in [2.05, 4.69) is 39.0 Å². The number of rotatable bonds is 3. The van der Waals surface area contributed by atoms with Gasteiger partial charge in [-0.15, -0.1) is 11.8 Å². The molecule has 2 heteroatoms. The number of aliphatic hydroxyl groups is 1. The first-order chi connectivity index (χ1) is 7.97. The van der Waals surface area contributed by atoms with E-state index in [1.807, 2.05) is 0 Å². The second kappa shape index (κ2) is 5.03. The van der Waals surface area contributed by atoms with Crippen molar-refractivity contribution in [3.8, 4) is 0 Å². The minimum atomic E-state index is -0.249. The van der Waals surface area contributed by atoms with Gasteiger partial charge in [-0.1, -0.05) is 26.8 Å². The van der Waals surface area contributed by atoms with Crippen LogP contribution in [0.25, 0.3) is 0 Å². The summed E-state index contributed by atoms with van der Waals surface area (Å²) in [7, 11) is 0. The lowest BCUT2D eigenvalue weighted by atomic mass is 9.90. The van der Waals surface area contributed by atoms with Crippen molar-refractivity contribution >= 4 is 11.8 Å². The van der Waals surface area contributed by atoms with E-state index < -0.39 is 0 Å². The summed E-state index contributed by atoms with van der Waals surface area (Å²) in [5.41, 5.74) is 3.01. The van der Waals surface area contributed by atoms with Crippen LogP contribution < -0.4 is 0 Å². The molecule has 0 amide bonds. The highest BCUT2D eigenvalue weighted by molar-refractivity contribution is 7.99. The zero-order chi connectivity index (χ0) is 12.5. The molecule has 0 aliphatic heterocycles. The van der Waals surface area contributed by atoms with Gasteiger partial charge in [0.1, 0.15) is 0 Å². The lowest BCUT2D eigenvalue weighted by Crippen LogP contribution is -2.28. The maximum Gasteiger partial charge on any atom is 0.0682 e. The highest BCUT2D eigenvalue weighted by atomic mass is 32.2. The van der Waals surface area contributed by atoms with E-state index in [1.165, 1.54) is 35.3 Å². The molecule has 0 heterocycles. The van der Waals surface area contributed by atoms with Gasteiger partial charge in [0.15, 0.2) is 0 Å². The molecule has 2 rings (SSSR count). The van der Waals surface area contributed by atoms with Gasteiger partial charge in [-0.05, 0) is 47.9 Å². The Labute approximate surface area is 109 Å². The van der Waals surface area contributed by atoms with Gasteiger partial charge in [0.2, 0.25) is 0 Å². The fourth-order valence-corrected chi connectivity index (χ4v) is 3.30. The molecule has 94 valence electrons. The molecule has 1 atom stereocenters. The molecule has 1 aliphatic carbocycles. The Hall–Kier alpha value is -0.470. The molecule has 1 aromatic carbocycles. The maximum atomic E-state index is 10.0. The number of aryl methyl sites for hydroxylation is 2. The zero-order valence-electron chi connectivity index (χ0n) is 11.0. The van der Waals surface area contributed by atoms with E-state index in [4.69, 9.17) is 0 Å². The Morgan fingerprint density at radius 2 is 1.94 bits per heavy atom. The lowest BCUT2D eigenvalue weighted by molar-refractivity contribution is 0.0843. The van der Waals surface area contributed by atoms with Crippen molar-refractivity contribution in [3.63, 3.8) is 0 Å². The van der Waals surface area contributed by atoms with Crippen LogP contribution in [0.1, 0.15) is 38.3 Å². The van der Waals surface area contributed by atoms with Crippen LogP contribution >= 0.6 is 11.8 Å². The summed E-state index contributed by atoms with van der Waals surface area (Å²) in [5.74, 6) is 0.780. The summed E-state index contributed by atoms with van der Waals surface area (Å²) in [5, 5.41) is 10.0. The van der Waals surface area contributed by atoms with Crippen molar-refractivity contribution in [2.45, 2.75) is 51.0 Å². The van der Waals surface area contributed by atoms with Crippen molar-refractivity contribution in [2.24, 2.45) is 5.41 Å². The third-order valence-corrected chi connectivity index (χ3v) is 4.55. The molecule has 1 nitrogen and oxygen atoms in total. The van der Waals surface area contributed by atoms with E-state index in [-0.39, 0.29) is 11.5 Å². The van der Waals surface area contributed by atoms with Gasteiger partial charge in [-0.3, -0.25) is 0 Å². The first-order valence-electron chi connectivity index (χ1n) is 6.39. The predicted molar refractivity (Wildman–Crippen MR) is 74.7 cm³/mol. The number of fused-ring (bicyclic) bond motifs is 1. The molecule has 0 bridgehead atoms. The second-order valence-corrected chi connectivity index (χ2v) is 7.07. The van der Waals surface area contributed by atoms with Crippen molar-refractivity contribution < 1.29 is 5.11 Å². The Bertz CT molecular complexity index is 392. The van der Waals surface area contributed by atoms with E-state index in [1.54, 1.807) is 11.8 Å². The Balaban J connectivity index is 1.96. The minimum Gasteiger partial charge on any atom is -0.392 e. The van der Waals surface area contributed by atoms with E-state index in [9.17, 15) is 5.11 Å². The van der Waals surface area contributed by atoms with Crippen LogP contribution in [0.4, 0.5) is 0 Å². The second-order valence-electron chi connectivity index (χ2n) is 5.98. The molecule has 0 aromatic heterocycles. The average Bonchev–Trinajstić information content (AvgIpc) is 2.71. The smallest absolute Gasteiger partial charge is 0.0682 e.